The molecule has 1 aromatic carbocycles. The number of aryl methyl sites for hydroxylation is 2. The number of nitrogens with one attached hydrogen (secondary N) is 1. The number of nitrogens with zero attached hydrogens (tertiary/aromatic N) is 5. The number of carbonyl (C=O) groups is 1. The van der Waals surface area contributed by atoms with Crippen LogP contribution in [0.25, 0.3) is 0 Å². The first-order valence-electron chi connectivity index (χ1n) is 10.6. The lowest BCUT2D eigenvalue weighted by Crippen LogP contribution is -2.34. The quantitative estimate of drug-likeness (QED) is 0.712. The first-order chi connectivity index (χ1) is 14.4. The van der Waals surface area contributed by atoms with E-state index in [0.717, 1.165) is 44.8 Å². The van der Waals surface area contributed by atoms with Gasteiger partial charge in [0.15, 0.2) is 5.69 Å². The number of likely N-dealkylation sites (tertiary alicyclic amines) is 1. The number of benzene rings is 1. The number of aromatic nitrogens is 3. The van der Waals surface area contributed by atoms with Gasteiger partial charge in [0.25, 0.3) is 5.91 Å². The molecule has 2 aromatic rings. The fourth-order valence-corrected chi connectivity index (χ4v) is 3.87. The Kier molecular flexibility index (Phi) is 7.44. The van der Waals surface area contributed by atoms with Crippen molar-refractivity contribution in [2.24, 2.45) is 0 Å². The lowest BCUT2D eigenvalue weighted by molar-refractivity contribution is 0.0946. The van der Waals surface area contributed by atoms with Gasteiger partial charge < -0.3 is 15.0 Å². The molecule has 1 aromatic heterocycles. The summed E-state index contributed by atoms with van der Waals surface area (Å²) in [4.78, 5) is 16.7. The molecule has 1 fully saturated rings. The standard InChI is InChI=1S/C22H34N6O2/c1-16-13-21(30-5)17(2)12-18(16)14-27-9-6-19(7-10-27)28-15-20(24-25-28)22(29)23-8-11-26(3)4/h12-13,15,19H,6-11,14H2,1-5H3,(H,23,29). The number of ether oxygens (including phenoxy) is 1. The van der Waals surface area contributed by atoms with Crippen LogP contribution in [0.15, 0.2) is 18.3 Å². The van der Waals surface area contributed by atoms with E-state index in [2.05, 4.69) is 46.5 Å². The van der Waals surface area contributed by atoms with E-state index < -0.39 is 0 Å². The van der Waals surface area contributed by atoms with E-state index in [1.54, 1.807) is 13.3 Å². The Morgan fingerprint density at radius 1 is 1.23 bits per heavy atom. The van der Waals surface area contributed by atoms with E-state index in [-0.39, 0.29) is 11.9 Å². The number of methoxy groups -OCH3 is 1. The minimum absolute atomic E-state index is 0.161. The smallest absolute Gasteiger partial charge is 0.273 e. The lowest BCUT2D eigenvalue weighted by atomic mass is 10.0. The third-order valence-electron chi connectivity index (χ3n) is 5.77. The van der Waals surface area contributed by atoms with Crippen LogP contribution < -0.4 is 10.1 Å². The van der Waals surface area contributed by atoms with Gasteiger partial charge in [0.1, 0.15) is 5.75 Å². The monoisotopic (exact) mass is 414 g/mol. The fourth-order valence-electron chi connectivity index (χ4n) is 3.87. The highest BCUT2D eigenvalue weighted by Gasteiger charge is 2.23. The molecule has 0 radical (unpaired) electrons. The van der Waals surface area contributed by atoms with E-state index in [9.17, 15) is 4.79 Å². The Balaban J connectivity index is 1.52. The summed E-state index contributed by atoms with van der Waals surface area (Å²) in [7, 11) is 5.67. The van der Waals surface area contributed by atoms with E-state index in [4.69, 9.17) is 4.74 Å². The van der Waals surface area contributed by atoms with Crippen molar-refractivity contribution >= 4 is 5.91 Å². The molecule has 1 N–H and O–H groups in total. The van der Waals surface area contributed by atoms with Gasteiger partial charge >= 0.3 is 0 Å². The van der Waals surface area contributed by atoms with Crippen LogP contribution in [0.4, 0.5) is 0 Å². The largest absolute Gasteiger partial charge is 0.496 e. The molecular weight excluding hydrogens is 380 g/mol. The first kappa shape index (κ1) is 22.2. The highest BCUT2D eigenvalue weighted by Crippen LogP contribution is 2.26. The predicted molar refractivity (Wildman–Crippen MR) is 117 cm³/mol. The van der Waals surface area contributed by atoms with Crippen molar-refractivity contribution in [1.82, 2.24) is 30.1 Å². The number of piperidine rings is 1. The summed E-state index contributed by atoms with van der Waals surface area (Å²) in [6, 6.07) is 4.65. The van der Waals surface area contributed by atoms with Crippen molar-refractivity contribution in [3.63, 3.8) is 0 Å². The van der Waals surface area contributed by atoms with Crippen LogP contribution in [0.3, 0.4) is 0 Å². The molecular formula is C22H34N6O2. The highest BCUT2D eigenvalue weighted by atomic mass is 16.5. The molecule has 30 heavy (non-hydrogen) atoms. The Morgan fingerprint density at radius 3 is 2.63 bits per heavy atom. The number of rotatable bonds is 8. The minimum Gasteiger partial charge on any atom is -0.496 e. The van der Waals surface area contributed by atoms with Crippen LogP contribution in [0.1, 0.15) is 46.1 Å². The predicted octanol–water partition coefficient (Wildman–Crippen LogP) is 2.03. The average molecular weight is 415 g/mol. The summed E-state index contributed by atoms with van der Waals surface area (Å²) in [5, 5.41) is 11.2. The maximum Gasteiger partial charge on any atom is 0.273 e. The molecule has 1 saturated heterocycles. The molecule has 0 spiro atoms. The molecule has 8 nitrogen and oxygen atoms in total. The number of hydrogen-bond donors (Lipinski definition) is 1. The Morgan fingerprint density at radius 2 is 1.97 bits per heavy atom. The molecule has 0 bridgehead atoms. The van der Waals surface area contributed by atoms with Crippen LogP contribution in [-0.2, 0) is 6.54 Å². The van der Waals surface area contributed by atoms with Crippen LogP contribution in [0.5, 0.6) is 5.75 Å². The van der Waals surface area contributed by atoms with Crippen LogP contribution in [-0.4, -0.2) is 78.1 Å². The average Bonchev–Trinajstić information content (AvgIpc) is 3.21. The van der Waals surface area contributed by atoms with Crippen LogP contribution in [0.2, 0.25) is 0 Å². The topological polar surface area (TPSA) is 75.5 Å². The number of hydrogen-bond acceptors (Lipinski definition) is 6. The van der Waals surface area contributed by atoms with Gasteiger partial charge in [-0.25, -0.2) is 4.68 Å². The van der Waals surface area contributed by atoms with Gasteiger partial charge in [0, 0.05) is 32.7 Å². The van der Waals surface area contributed by atoms with Crippen molar-refractivity contribution < 1.29 is 9.53 Å². The highest BCUT2D eigenvalue weighted by molar-refractivity contribution is 5.91. The number of carbonyl (C=O) groups excluding carboxylic acids is 1. The van der Waals surface area contributed by atoms with E-state index >= 15 is 0 Å². The summed E-state index contributed by atoms with van der Waals surface area (Å²) in [6.45, 7) is 8.57. The number of amides is 1. The van der Waals surface area contributed by atoms with Crippen molar-refractivity contribution in [3.05, 3.63) is 40.7 Å². The molecule has 0 unspecified atom stereocenters. The third kappa shape index (κ3) is 5.58. The van der Waals surface area contributed by atoms with Gasteiger partial charge in [-0.1, -0.05) is 11.3 Å². The Labute approximate surface area is 179 Å². The Bertz CT molecular complexity index is 855. The van der Waals surface area contributed by atoms with Crippen molar-refractivity contribution in [1.29, 1.82) is 0 Å². The summed E-state index contributed by atoms with van der Waals surface area (Å²) in [5.41, 5.74) is 4.18. The minimum atomic E-state index is -0.161. The Hall–Kier alpha value is -2.45. The molecule has 3 rings (SSSR count). The van der Waals surface area contributed by atoms with E-state index in [0.29, 0.717) is 12.2 Å². The second kappa shape index (κ2) is 10.0. The number of likely N-dealkylation sites (N-methyl/N-ethyl adjacent to an activating group) is 1. The second-order valence-corrected chi connectivity index (χ2v) is 8.40. The zero-order chi connectivity index (χ0) is 21.7. The maximum atomic E-state index is 12.2. The van der Waals surface area contributed by atoms with Crippen LogP contribution in [0, 0.1) is 13.8 Å². The van der Waals surface area contributed by atoms with Crippen molar-refractivity contribution in [2.75, 3.05) is 47.4 Å². The molecule has 0 atom stereocenters. The molecule has 1 aliphatic heterocycles. The van der Waals surface area contributed by atoms with Gasteiger partial charge in [-0.15, -0.1) is 5.10 Å². The van der Waals surface area contributed by atoms with Crippen molar-refractivity contribution in [2.45, 2.75) is 39.3 Å². The molecule has 2 heterocycles. The van der Waals surface area contributed by atoms with Gasteiger partial charge in [-0.05, 0) is 63.5 Å². The summed E-state index contributed by atoms with van der Waals surface area (Å²) in [6.07, 6.45) is 3.78. The zero-order valence-electron chi connectivity index (χ0n) is 18.8. The van der Waals surface area contributed by atoms with E-state index in [1.807, 2.05) is 23.7 Å². The normalized spacial score (nSPS) is 15.5. The molecule has 0 saturated carbocycles. The summed E-state index contributed by atoms with van der Waals surface area (Å²) in [5.74, 6) is 0.786. The third-order valence-corrected chi connectivity index (χ3v) is 5.77. The summed E-state index contributed by atoms with van der Waals surface area (Å²) < 4.78 is 7.29. The second-order valence-electron chi connectivity index (χ2n) is 8.40. The van der Waals surface area contributed by atoms with Crippen molar-refractivity contribution in [3.8, 4) is 5.75 Å². The fraction of sp³-hybridized carbons (Fsp3) is 0.591. The summed E-state index contributed by atoms with van der Waals surface area (Å²) >= 11 is 0. The SMILES string of the molecule is COc1cc(C)c(CN2CCC(n3cc(C(=O)NCCN(C)C)nn3)CC2)cc1C. The molecule has 8 heteroatoms. The van der Waals surface area contributed by atoms with Gasteiger partial charge in [0.05, 0.1) is 19.3 Å². The molecule has 164 valence electrons. The zero-order valence-corrected chi connectivity index (χ0v) is 18.8. The molecule has 1 aliphatic rings. The lowest BCUT2D eigenvalue weighted by Gasteiger charge is -2.32. The van der Waals surface area contributed by atoms with Gasteiger partial charge in [-0.3, -0.25) is 9.69 Å². The van der Waals surface area contributed by atoms with Crippen LogP contribution >= 0.6 is 0 Å². The molecule has 0 aliphatic carbocycles. The first-order valence-corrected chi connectivity index (χ1v) is 10.6. The molecule has 1 amide bonds. The van der Waals surface area contributed by atoms with E-state index in [1.165, 1.54) is 16.7 Å². The van der Waals surface area contributed by atoms with Gasteiger partial charge in [-0.2, -0.15) is 0 Å². The van der Waals surface area contributed by atoms with Gasteiger partial charge in [0.2, 0.25) is 0 Å². The maximum absolute atomic E-state index is 12.2.